The minimum Gasteiger partial charge on any atom is -0.375 e. The molecule has 0 saturated carbocycles. The Morgan fingerprint density at radius 1 is 0.933 bits per heavy atom. The number of carbonyl (C=O) groups is 2. The summed E-state index contributed by atoms with van der Waals surface area (Å²) < 4.78 is 5.68. The largest absolute Gasteiger partial charge is 0.375 e. The number of hydrogen-bond donors (Lipinski definition) is 1. The van der Waals surface area contributed by atoms with Gasteiger partial charge in [-0.3, -0.25) is 9.59 Å². The van der Waals surface area contributed by atoms with Crippen molar-refractivity contribution in [2.45, 2.75) is 53.1 Å². The molecule has 0 aliphatic carbocycles. The summed E-state index contributed by atoms with van der Waals surface area (Å²) in [7, 11) is 0. The highest BCUT2D eigenvalue weighted by Crippen LogP contribution is 2.39. The summed E-state index contributed by atoms with van der Waals surface area (Å²) in [5, 5.41) is 3.21. The zero-order chi connectivity index (χ0) is 21.8. The third-order valence-electron chi connectivity index (χ3n) is 5.46. The van der Waals surface area contributed by atoms with E-state index in [2.05, 4.69) is 39.9 Å². The average molecular weight is 409 g/mol. The lowest BCUT2D eigenvalue weighted by Crippen LogP contribution is -2.31. The predicted octanol–water partition coefficient (Wildman–Crippen LogP) is 4.86. The summed E-state index contributed by atoms with van der Waals surface area (Å²) in [5.74, 6) is -0.100. The number of rotatable bonds is 9. The fraction of sp³-hybridized carbons (Fsp3) is 0.440. The van der Waals surface area contributed by atoms with Gasteiger partial charge in [0.1, 0.15) is 0 Å². The third-order valence-corrected chi connectivity index (χ3v) is 5.46. The van der Waals surface area contributed by atoms with Crippen LogP contribution in [0.4, 0.5) is 5.69 Å². The molecular weight excluding hydrogens is 376 g/mol. The van der Waals surface area contributed by atoms with Gasteiger partial charge in [-0.25, -0.2) is 4.90 Å². The number of amides is 2. The molecule has 2 aromatic rings. The number of nitrogens with one attached hydrogen (secondary N) is 1. The van der Waals surface area contributed by atoms with Gasteiger partial charge in [0, 0.05) is 6.54 Å². The molecule has 160 valence electrons. The van der Waals surface area contributed by atoms with Crippen LogP contribution >= 0.6 is 0 Å². The summed E-state index contributed by atoms with van der Waals surface area (Å²) in [6, 6.07) is 11.5. The first-order chi connectivity index (χ1) is 14.4. The van der Waals surface area contributed by atoms with Gasteiger partial charge in [-0.15, -0.1) is 0 Å². The maximum absolute atomic E-state index is 13.4. The van der Waals surface area contributed by atoms with Gasteiger partial charge in [0.2, 0.25) is 0 Å². The van der Waals surface area contributed by atoms with E-state index in [1.807, 2.05) is 24.3 Å². The third kappa shape index (κ3) is 4.32. The summed E-state index contributed by atoms with van der Waals surface area (Å²) in [6.07, 6.45) is 0. The number of benzene rings is 2. The van der Waals surface area contributed by atoms with Gasteiger partial charge >= 0.3 is 0 Å². The van der Waals surface area contributed by atoms with Gasteiger partial charge in [-0.2, -0.15) is 0 Å². The number of ether oxygens (including phenoxy) is 1. The molecule has 1 aliphatic rings. The SMILES string of the molecule is CCNCCOCc1ccc2c(c1)C(=O)N(c1c(C(C)C)cccc1C(C)C)C2=O. The number of carbonyl (C=O) groups excluding carboxylic acids is 2. The highest BCUT2D eigenvalue weighted by Gasteiger charge is 2.39. The fourth-order valence-corrected chi connectivity index (χ4v) is 3.86. The van der Waals surface area contributed by atoms with E-state index in [4.69, 9.17) is 4.74 Å². The molecule has 5 heteroatoms. The molecule has 0 aromatic heterocycles. The van der Waals surface area contributed by atoms with Gasteiger partial charge in [0.15, 0.2) is 0 Å². The number of hydrogen-bond acceptors (Lipinski definition) is 4. The van der Waals surface area contributed by atoms with Crippen molar-refractivity contribution in [1.29, 1.82) is 0 Å². The molecule has 1 N–H and O–H groups in total. The van der Waals surface area contributed by atoms with Crippen molar-refractivity contribution in [3.63, 3.8) is 0 Å². The van der Waals surface area contributed by atoms with E-state index in [1.165, 1.54) is 4.90 Å². The molecule has 1 heterocycles. The zero-order valence-electron chi connectivity index (χ0n) is 18.6. The van der Waals surface area contributed by atoms with Gasteiger partial charge in [0.25, 0.3) is 11.8 Å². The quantitative estimate of drug-likeness (QED) is 0.475. The lowest BCUT2D eigenvalue weighted by Gasteiger charge is -2.25. The van der Waals surface area contributed by atoms with E-state index >= 15 is 0 Å². The zero-order valence-corrected chi connectivity index (χ0v) is 18.6. The number of anilines is 1. The molecule has 0 saturated heterocycles. The van der Waals surface area contributed by atoms with E-state index in [0.29, 0.717) is 24.3 Å². The van der Waals surface area contributed by atoms with Crippen LogP contribution in [0.15, 0.2) is 36.4 Å². The van der Waals surface area contributed by atoms with Crippen molar-refractivity contribution in [2.24, 2.45) is 0 Å². The van der Waals surface area contributed by atoms with Crippen molar-refractivity contribution < 1.29 is 14.3 Å². The van der Waals surface area contributed by atoms with Crippen LogP contribution in [0, 0.1) is 0 Å². The molecule has 2 amide bonds. The maximum atomic E-state index is 13.4. The highest BCUT2D eigenvalue weighted by atomic mass is 16.5. The summed E-state index contributed by atoms with van der Waals surface area (Å²) in [5.41, 5.74) is 4.60. The Morgan fingerprint density at radius 2 is 1.57 bits per heavy atom. The second-order valence-electron chi connectivity index (χ2n) is 8.33. The fourth-order valence-electron chi connectivity index (χ4n) is 3.86. The normalized spacial score (nSPS) is 13.6. The number of imide groups is 1. The Kier molecular flexibility index (Phi) is 7.06. The van der Waals surface area contributed by atoms with Gasteiger partial charge in [-0.1, -0.05) is 58.9 Å². The number of para-hydroxylation sites is 1. The molecule has 0 radical (unpaired) electrons. The van der Waals surface area contributed by atoms with Crippen molar-refractivity contribution in [3.05, 3.63) is 64.2 Å². The summed E-state index contributed by atoms with van der Waals surface area (Å²) >= 11 is 0. The van der Waals surface area contributed by atoms with Crippen LogP contribution in [-0.4, -0.2) is 31.5 Å². The first-order valence-electron chi connectivity index (χ1n) is 10.8. The van der Waals surface area contributed by atoms with E-state index in [0.717, 1.165) is 35.5 Å². The first kappa shape index (κ1) is 22.2. The lowest BCUT2D eigenvalue weighted by atomic mass is 9.92. The second kappa shape index (κ2) is 9.54. The topological polar surface area (TPSA) is 58.6 Å². The predicted molar refractivity (Wildman–Crippen MR) is 120 cm³/mol. The first-order valence-corrected chi connectivity index (χ1v) is 10.8. The van der Waals surface area contributed by atoms with Gasteiger partial charge in [-0.05, 0) is 47.2 Å². The van der Waals surface area contributed by atoms with Crippen molar-refractivity contribution >= 4 is 17.5 Å². The number of likely N-dealkylation sites (N-methyl/N-ethyl adjacent to an activating group) is 1. The molecule has 0 unspecified atom stereocenters. The Balaban J connectivity index is 1.93. The van der Waals surface area contributed by atoms with Crippen LogP contribution in [0.1, 0.15) is 83.9 Å². The van der Waals surface area contributed by atoms with Crippen LogP contribution in [0.25, 0.3) is 0 Å². The Hall–Kier alpha value is -2.50. The van der Waals surface area contributed by atoms with Crippen LogP contribution in [0.3, 0.4) is 0 Å². The van der Waals surface area contributed by atoms with Crippen molar-refractivity contribution in [1.82, 2.24) is 5.32 Å². The molecule has 0 bridgehead atoms. The molecule has 30 heavy (non-hydrogen) atoms. The average Bonchev–Trinajstić information content (AvgIpc) is 2.97. The monoisotopic (exact) mass is 408 g/mol. The lowest BCUT2D eigenvalue weighted by molar-refractivity contribution is 0.0925. The van der Waals surface area contributed by atoms with Crippen LogP contribution in [-0.2, 0) is 11.3 Å². The van der Waals surface area contributed by atoms with Crippen LogP contribution < -0.4 is 10.2 Å². The molecular formula is C25H32N2O3. The molecule has 0 atom stereocenters. The second-order valence-corrected chi connectivity index (χ2v) is 8.33. The molecule has 0 fully saturated rings. The van der Waals surface area contributed by atoms with Crippen molar-refractivity contribution in [2.75, 3.05) is 24.6 Å². The minimum atomic E-state index is -0.250. The summed E-state index contributed by atoms with van der Waals surface area (Å²) in [6.45, 7) is 13.1. The Bertz CT molecular complexity index is 908. The smallest absolute Gasteiger partial charge is 0.266 e. The van der Waals surface area contributed by atoms with Crippen LogP contribution in [0.2, 0.25) is 0 Å². The minimum absolute atomic E-state index is 0.198. The molecule has 0 spiro atoms. The Morgan fingerprint density at radius 3 is 2.17 bits per heavy atom. The standard InChI is InChI=1S/C25H32N2O3/c1-6-26-12-13-30-15-18-10-11-21-22(14-18)25(29)27(24(21)28)23-19(16(2)3)8-7-9-20(23)17(4)5/h7-11,14,16-17,26H,6,12-13,15H2,1-5H3. The molecule has 1 aliphatic heterocycles. The number of nitrogens with zero attached hydrogens (tertiary/aromatic N) is 1. The van der Waals surface area contributed by atoms with E-state index < -0.39 is 0 Å². The Labute approximate surface area is 179 Å². The maximum Gasteiger partial charge on any atom is 0.266 e. The highest BCUT2D eigenvalue weighted by molar-refractivity contribution is 6.35. The van der Waals surface area contributed by atoms with E-state index in [-0.39, 0.29) is 23.7 Å². The van der Waals surface area contributed by atoms with E-state index in [9.17, 15) is 9.59 Å². The molecule has 2 aromatic carbocycles. The molecule has 3 rings (SSSR count). The van der Waals surface area contributed by atoms with Gasteiger partial charge < -0.3 is 10.1 Å². The van der Waals surface area contributed by atoms with Crippen LogP contribution in [0.5, 0.6) is 0 Å². The summed E-state index contributed by atoms with van der Waals surface area (Å²) in [4.78, 5) is 28.0. The van der Waals surface area contributed by atoms with E-state index in [1.54, 1.807) is 12.1 Å². The van der Waals surface area contributed by atoms with Crippen molar-refractivity contribution in [3.8, 4) is 0 Å². The molecule has 5 nitrogen and oxygen atoms in total. The number of fused-ring (bicyclic) bond motifs is 1. The van der Waals surface area contributed by atoms with Gasteiger partial charge in [0.05, 0.1) is 30.0 Å².